The molecule has 3 rings (SSSR count). The van der Waals surface area contributed by atoms with Gasteiger partial charge < -0.3 is 14.8 Å². The van der Waals surface area contributed by atoms with E-state index in [4.69, 9.17) is 9.47 Å². The molecule has 2 aromatic rings. The average molecular weight is 301 g/mol. The molecule has 1 aliphatic rings. The second-order valence-corrected chi connectivity index (χ2v) is 5.51. The third-order valence-electron chi connectivity index (χ3n) is 3.64. The van der Waals surface area contributed by atoms with E-state index < -0.39 is 0 Å². The zero-order valence-corrected chi connectivity index (χ0v) is 13.0. The van der Waals surface area contributed by atoms with Crippen molar-refractivity contribution in [3.05, 3.63) is 41.7 Å². The van der Waals surface area contributed by atoms with Gasteiger partial charge in [0, 0.05) is 43.4 Å². The summed E-state index contributed by atoms with van der Waals surface area (Å²) in [7, 11) is 0. The molecule has 0 saturated carbocycles. The van der Waals surface area contributed by atoms with Gasteiger partial charge >= 0.3 is 0 Å². The zero-order valence-electron chi connectivity index (χ0n) is 13.0. The highest BCUT2D eigenvalue weighted by Gasteiger charge is 2.14. The molecule has 5 nitrogen and oxygen atoms in total. The van der Waals surface area contributed by atoms with Crippen molar-refractivity contribution in [3.8, 4) is 11.5 Å². The van der Waals surface area contributed by atoms with Gasteiger partial charge in [-0.25, -0.2) is 0 Å². The molecular weight excluding hydrogens is 278 g/mol. The first-order chi connectivity index (χ1) is 10.9. The molecule has 1 aromatic heterocycles. The summed E-state index contributed by atoms with van der Waals surface area (Å²) in [5, 5.41) is 7.80. The van der Waals surface area contributed by atoms with Crippen LogP contribution in [0.15, 0.2) is 30.6 Å². The molecule has 22 heavy (non-hydrogen) atoms. The van der Waals surface area contributed by atoms with Gasteiger partial charge in [0.1, 0.15) is 0 Å². The van der Waals surface area contributed by atoms with Crippen LogP contribution in [0.4, 0.5) is 0 Å². The van der Waals surface area contributed by atoms with Gasteiger partial charge in [0.25, 0.3) is 0 Å². The van der Waals surface area contributed by atoms with Gasteiger partial charge in [-0.3, -0.25) is 4.68 Å². The van der Waals surface area contributed by atoms with Crippen LogP contribution in [0, 0.1) is 0 Å². The Labute approximate surface area is 131 Å². The fourth-order valence-corrected chi connectivity index (χ4v) is 2.58. The molecule has 0 fully saturated rings. The Kier molecular flexibility index (Phi) is 4.96. The number of aryl methyl sites for hydroxylation is 1. The fraction of sp³-hybridized carbons (Fsp3) is 0.471. The monoisotopic (exact) mass is 301 g/mol. The van der Waals surface area contributed by atoms with Crippen LogP contribution in [0.1, 0.15) is 30.9 Å². The molecule has 0 aliphatic carbocycles. The van der Waals surface area contributed by atoms with Crippen LogP contribution in [0.25, 0.3) is 0 Å². The highest BCUT2D eigenvalue weighted by Crippen LogP contribution is 2.33. The van der Waals surface area contributed by atoms with Crippen molar-refractivity contribution < 1.29 is 9.47 Å². The summed E-state index contributed by atoms with van der Waals surface area (Å²) in [4.78, 5) is 0. The van der Waals surface area contributed by atoms with Crippen LogP contribution < -0.4 is 14.8 Å². The zero-order chi connectivity index (χ0) is 15.2. The lowest BCUT2D eigenvalue weighted by Gasteiger charge is -2.12. The van der Waals surface area contributed by atoms with Gasteiger partial charge in [-0.15, -0.1) is 0 Å². The molecule has 1 N–H and O–H groups in total. The summed E-state index contributed by atoms with van der Waals surface area (Å²) in [6, 6.07) is 6.07. The number of rotatable bonds is 6. The minimum absolute atomic E-state index is 0.716. The molecule has 1 aromatic carbocycles. The van der Waals surface area contributed by atoms with E-state index >= 15 is 0 Å². The highest BCUT2D eigenvalue weighted by atomic mass is 16.5. The van der Waals surface area contributed by atoms with Crippen molar-refractivity contribution in [1.82, 2.24) is 15.1 Å². The van der Waals surface area contributed by atoms with Gasteiger partial charge in [0.05, 0.1) is 19.4 Å². The Bertz CT molecular complexity index is 610. The number of hydrogen-bond donors (Lipinski definition) is 1. The molecule has 0 unspecified atom stereocenters. The summed E-state index contributed by atoms with van der Waals surface area (Å²) >= 11 is 0. The lowest BCUT2D eigenvalue weighted by molar-refractivity contribution is 0.296. The quantitative estimate of drug-likeness (QED) is 0.891. The maximum absolute atomic E-state index is 5.84. The van der Waals surface area contributed by atoms with Crippen molar-refractivity contribution in [2.75, 3.05) is 13.2 Å². The summed E-state index contributed by atoms with van der Waals surface area (Å²) in [6.45, 7) is 6.12. The molecule has 0 spiro atoms. The molecule has 0 saturated heterocycles. The Morgan fingerprint density at radius 1 is 1.23 bits per heavy atom. The summed E-state index contributed by atoms with van der Waals surface area (Å²) < 4.78 is 13.5. The predicted molar refractivity (Wildman–Crippen MR) is 85.1 cm³/mol. The molecule has 1 aliphatic heterocycles. The normalized spacial score (nSPS) is 13.9. The van der Waals surface area contributed by atoms with E-state index in [0.717, 1.165) is 56.1 Å². The van der Waals surface area contributed by atoms with Gasteiger partial charge in [-0.1, -0.05) is 19.1 Å². The van der Waals surface area contributed by atoms with Crippen LogP contribution in [-0.2, 0) is 19.6 Å². The summed E-state index contributed by atoms with van der Waals surface area (Å²) in [6.07, 6.45) is 6.05. The fourth-order valence-electron chi connectivity index (χ4n) is 2.58. The Balaban J connectivity index is 1.59. The Hall–Kier alpha value is -2.01. The average Bonchev–Trinajstić information content (AvgIpc) is 2.82. The first kappa shape index (κ1) is 14.9. The largest absolute Gasteiger partial charge is 0.490 e. The second-order valence-electron chi connectivity index (χ2n) is 5.51. The lowest BCUT2D eigenvalue weighted by atomic mass is 10.2. The minimum atomic E-state index is 0.716. The van der Waals surface area contributed by atoms with Crippen molar-refractivity contribution in [1.29, 1.82) is 0 Å². The summed E-state index contributed by atoms with van der Waals surface area (Å²) in [5.41, 5.74) is 2.34. The van der Waals surface area contributed by atoms with E-state index in [-0.39, 0.29) is 0 Å². The lowest BCUT2D eigenvalue weighted by Crippen LogP contribution is -2.13. The van der Waals surface area contributed by atoms with Gasteiger partial charge in [-0.2, -0.15) is 5.10 Å². The van der Waals surface area contributed by atoms with Gasteiger partial charge in [0.2, 0.25) is 0 Å². The number of nitrogens with zero attached hydrogens (tertiary/aromatic N) is 2. The van der Waals surface area contributed by atoms with Crippen LogP contribution in [0.3, 0.4) is 0 Å². The van der Waals surface area contributed by atoms with Gasteiger partial charge in [0.15, 0.2) is 11.5 Å². The standard InChI is InChI=1S/C17H23N3O2/c1-2-7-20-13-14(11-19-20)10-18-12-15-5-3-6-16-17(15)22-9-4-8-21-16/h3,5-6,11,13,18H,2,4,7-10,12H2,1H3. The smallest absolute Gasteiger partial charge is 0.165 e. The molecule has 0 bridgehead atoms. The number of aromatic nitrogens is 2. The van der Waals surface area contributed by atoms with Crippen LogP contribution >= 0.6 is 0 Å². The number of benzene rings is 1. The van der Waals surface area contributed by atoms with Crippen molar-refractivity contribution in [3.63, 3.8) is 0 Å². The third-order valence-corrected chi connectivity index (χ3v) is 3.64. The number of fused-ring (bicyclic) bond motifs is 1. The Morgan fingerprint density at radius 3 is 3.05 bits per heavy atom. The molecule has 0 amide bonds. The maximum Gasteiger partial charge on any atom is 0.165 e. The second kappa shape index (κ2) is 7.31. The number of hydrogen-bond acceptors (Lipinski definition) is 4. The maximum atomic E-state index is 5.84. The highest BCUT2D eigenvalue weighted by molar-refractivity contribution is 5.47. The first-order valence-electron chi connectivity index (χ1n) is 7.96. The molecule has 0 radical (unpaired) electrons. The summed E-state index contributed by atoms with van der Waals surface area (Å²) in [5.74, 6) is 1.74. The van der Waals surface area contributed by atoms with E-state index in [9.17, 15) is 0 Å². The number of para-hydroxylation sites is 1. The molecular formula is C17H23N3O2. The van der Waals surface area contributed by atoms with Crippen molar-refractivity contribution in [2.24, 2.45) is 0 Å². The minimum Gasteiger partial charge on any atom is -0.490 e. The van der Waals surface area contributed by atoms with Gasteiger partial charge in [-0.05, 0) is 12.5 Å². The molecule has 2 heterocycles. The molecule has 5 heteroatoms. The number of nitrogens with one attached hydrogen (secondary N) is 1. The van der Waals surface area contributed by atoms with Crippen LogP contribution in [-0.4, -0.2) is 23.0 Å². The van der Waals surface area contributed by atoms with E-state index in [1.54, 1.807) is 0 Å². The van der Waals surface area contributed by atoms with E-state index in [2.05, 4.69) is 29.6 Å². The first-order valence-corrected chi connectivity index (χ1v) is 7.96. The van der Waals surface area contributed by atoms with E-state index in [1.807, 2.05) is 23.0 Å². The van der Waals surface area contributed by atoms with E-state index in [0.29, 0.717) is 6.61 Å². The molecule has 118 valence electrons. The van der Waals surface area contributed by atoms with E-state index in [1.165, 1.54) is 5.56 Å². The third kappa shape index (κ3) is 3.60. The van der Waals surface area contributed by atoms with Crippen molar-refractivity contribution >= 4 is 0 Å². The SMILES string of the molecule is CCCn1cc(CNCc2cccc3c2OCCCO3)cn1. The predicted octanol–water partition coefficient (Wildman–Crippen LogP) is 2.74. The molecule has 0 atom stereocenters. The van der Waals surface area contributed by atoms with Crippen LogP contribution in [0.5, 0.6) is 11.5 Å². The number of ether oxygens (including phenoxy) is 2. The van der Waals surface area contributed by atoms with Crippen LogP contribution in [0.2, 0.25) is 0 Å². The van der Waals surface area contributed by atoms with Crippen molar-refractivity contribution in [2.45, 2.75) is 39.4 Å². The topological polar surface area (TPSA) is 48.3 Å². The Morgan fingerprint density at radius 2 is 2.14 bits per heavy atom.